The number of β-amino-alcohol motifs (C(OH)–C–C–N with tert-alkyl or cyclic N) is 1. The second kappa shape index (κ2) is 14.2. The molecule has 4 aromatic rings. The lowest BCUT2D eigenvalue weighted by Gasteiger charge is -2.42. The highest BCUT2D eigenvalue weighted by molar-refractivity contribution is 5.99. The monoisotopic (exact) mass is 609 g/mol. The Morgan fingerprint density at radius 1 is 0.844 bits per heavy atom. The molecular weight excluding hydrogens is 570 g/mol. The van der Waals surface area contributed by atoms with Gasteiger partial charge in [-0.1, -0.05) is 61.5 Å². The number of urea groups is 1. The molecule has 2 aliphatic rings. The number of para-hydroxylation sites is 1. The third-order valence-corrected chi connectivity index (χ3v) is 8.34. The van der Waals surface area contributed by atoms with E-state index in [1.165, 1.54) is 0 Å². The fraction of sp³-hybridized carbons (Fsp3) is 0.306. The Bertz CT molecular complexity index is 1530. The zero-order valence-corrected chi connectivity index (χ0v) is 25.2. The minimum atomic E-state index is -0.610. The Kier molecular flexibility index (Phi) is 9.73. The van der Waals surface area contributed by atoms with Crippen molar-refractivity contribution < 1.29 is 29.2 Å². The van der Waals surface area contributed by atoms with E-state index in [0.717, 1.165) is 35.4 Å². The van der Waals surface area contributed by atoms with E-state index >= 15 is 0 Å². The van der Waals surface area contributed by atoms with Crippen molar-refractivity contribution in [2.24, 2.45) is 5.92 Å². The molecule has 2 fully saturated rings. The largest absolute Gasteiger partial charge is 0.457 e. The average Bonchev–Trinajstić information content (AvgIpc) is 3.48. The normalized spacial score (nSPS) is 23.4. The number of carbonyl (C=O) groups is 1. The first-order valence-electron chi connectivity index (χ1n) is 15.4. The van der Waals surface area contributed by atoms with Gasteiger partial charge >= 0.3 is 6.03 Å². The number of aliphatic hydroxyl groups excluding tert-OH is 2. The topological polar surface area (TPSA) is 113 Å². The molecule has 0 saturated carbocycles. The molecule has 0 radical (unpaired) electrons. The van der Waals surface area contributed by atoms with Gasteiger partial charge in [-0.3, -0.25) is 4.90 Å². The fourth-order valence-electron chi connectivity index (χ4n) is 5.81. The zero-order valence-electron chi connectivity index (χ0n) is 25.2. The minimum Gasteiger partial charge on any atom is -0.457 e. The van der Waals surface area contributed by atoms with Crippen molar-refractivity contribution in [3.63, 3.8) is 0 Å². The number of likely N-dealkylation sites (tertiary alicyclic amines) is 1. The third kappa shape index (κ3) is 7.89. The van der Waals surface area contributed by atoms with Crippen LogP contribution in [-0.2, 0) is 16.1 Å². The average molecular weight is 610 g/mol. The third-order valence-electron chi connectivity index (χ3n) is 8.34. The van der Waals surface area contributed by atoms with Crippen molar-refractivity contribution >= 4 is 17.4 Å². The van der Waals surface area contributed by atoms with Crippen LogP contribution in [0.25, 0.3) is 0 Å². The number of amides is 2. The molecule has 9 heteroatoms. The minimum absolute atomic E-state index is 0.0125. The Morgan fingerprint density at radius 3 is 2.09 bits per heavy atom. The lowest BCUT2D eigenvalue weighted by atomic mass is 9.90. The number of ether oxygens (including phenoxy) is 3. The van der Waals surface area contributed by atoms with Gasteiger partial charge < -0.3 is 35.1 Å². The Balaban J connectivity index is 1.10. The van der Waals surface area contributed by atoms with Crippen LogP contribution in [-0.4, -0.2) is 53.0 Å². The van der Waals surface area contributed by atoms with Gasteiger partial charge in [-0.2, -0.15) is 0 Å². The van der Waals surface area contributed by atoms with Crippen molar-refractivity contribution in [2.45, 2.75) is 44.6 Å². The predicted molar refractivity (Wildman–Crippen MR) is 172 cm³/mol. The van der Waals surface area contributed by atoms with Crippen LogP contribution in [0.5, 0.6) is 11.5 Å². The van der Waals surface area contributed by atoms with E-state index in [2.05, 4.69) is 22.5 Å². The fourth-order valence-corrected chi connectivity index (χ4v) is 5.81. The van der Waals surface area contributed by atoms with Crippen LogP contribution in [0.2, 0.25) is 0 Å². The summed E-state index contributed by atoms with van der Waals surface area (Å²) in [6.45, 7) is 4.29. The van der Waals surface area contributed by atoms with E-state index in [0.29, 0.717) is 30.2 Å². The number of aliphatic hydroxyl groups is 2. The highest BCUT2D eigenvalue weighted by Gasteiger charge is 2.39. The van der Waals surface area contributed by atoms with E-state index in [1.54, 1.807) is 24.3 Å². The van der Waals surface area contributed by atoms with E-state index in [1.807, 2.05) is 78.9 Å². The molecule has 6 rings (SSSR count). The van der Waals surface area contributed by atoms with Gasteiger partial charge in [0.05, 0.1) is 24.9 Å². The lowest BCUT2D eigenvalue weighted by molar-refractivity contribution is -0.276. The first kappa shape index (κ1) is 30.8. The molecule has 234 valence electrons. The molecule has 2 aliphatic heterocycles. The molecule has 0 bridgehead atoms. The predicted octanol–water partition coefficient (Wildman–Crippen LogP) is 6.47. The van der Waals surface area contributed by atoms with Gasteiger partial charge in [-0.15, -0.1) is 0 Å². The Labute approximate surface area is 263 Å². The van der Waals surface area contributed by atoms with Crippen LogP contribution in [0.1, 0.15) is 42.4 Å². The summed E-state index contributed by atoms with van der Waals surface area (Å²) in [6.07, 6.45) is -0.487. The number of nitrogens with zero attached hydrogens (tertiary/aromatic N) is 1. The summed E-state index contributed by atoms with van der Waals surface area (Å²) in [5, 5.41) is 25.3. The van der Waals surface area contributed by atoms with E-state index in [9.17, 15) is 15.0 Å². The summed E-state index contributed by atoms with van der Waals surface area (Å²) in [6, 6.07) is 31.6. The number of hydrogen-bond donors (Lipinski definition) is 4. The van der Waals surface area contributed by atoms with Gasteiger partial charge in [0, 0.05) is 42.5 Å². The van der Waals surface area contributed by atoms with Crippen molar-refractivity contribution in [1.82, 2.24) is 4.90 Å². The molecule has 45 heavy (non-hydrogen) atoms. The number of rotatable bonds is 9. The molecule has 0 aliphatic carbocycles. The Morgan fingerprint density at radius 2 is 1.47 bits per heavy atom. The molecule has 0 aromatic heterocycles. The Hall–Kier alpha value is -4.25. The second-order valence-corrected chi connectivity index (χ2v) is 11.7. The first-order chi connectivity index (χ1) is 21.9. The first-order valence-corrected chi connectivity index (χ1v) is 15.4. The highest BCUT2D eigenvalue weighted by Crippen LogP contribution is 2.42. The van der Waals surface area contributed by atoms with Crippen molar-refractivity contribution in [3.8, 4) is 11.5 Å². The summed E-state index contributed by atoms with van der Waals surface area (Å²) in [5.41, 5.74) is 3.97. The highest BCUT2D eigenvalue weighted by atomic mass is 16.7. The van der Waals surface area contributed by atoms with Gasteiger partial charge in [0.2, 0.25) is 0 Å². The molecule has 4 aromatic carbocycles. The number of benzene rings is 4. The van der Waals surface area contributed by atoms with Crippen LogP contribution >= 0.6 is 0 Å². The maximum atomic E-state index is 12.7. The van der Waals surface area contributed by atoms with Gasteiger partial charge in [0.1, 0.15) is 11.5 Å². The molecule has 4 N–H and O–H groups in total. The quantitative estimate of drug-likeness (QED) is 0.172. The second-order valence-electron chi connectivity index (χ2n) is 11.7. The number of anilines is 2. The van der Waals surface area contributed by atoms with Crippen LogP contribution in [0.4, 0.5) is 16.2 Å². The maximum Gasteiger partial charge on any atom is 0.323 e. The van der Waals surface area contributed by atoms with Gasteiger partial charge in [-0.25, -0.2) is 4.79 Å². The molecule has 2 heterocycles. The molecular formula is C36H39N3O6. The van der Waals surface area contributed by atoms with Gasteiger partial charge in [-0.05, 0) is 66.1 Å². The van der Waals surface area contributed by atoms with Gasteiger partial charge in [0.15, 0.2) is 6.29 Å². The number of nitrogens with one attached hydrogen (secondary N) is 2. The SMILES string of the molecule is C[C@@H]1[C@H](CN2CC[C@H](O)C2)O[C@H](c2ccc(NC(=O)Nc3ccc(Oc4ccccc4)cc3)cc2)O[C@@H]1c1ccc(CO)cc1. The zero-order chi connectivity index (χ0) is 31.2. The van der Waals surface area contributed by atoms with Crippen molar-refractivity contribution in [1.29, 1.82) is 0 Å². The molecule has 0 unspecified atom stereocenters. The van der Waals surface area contributed by atoms with Crippen LogP contribution in [0.3, 0.4) is 0 Å². The standard InChI is InChI=1S/C36H39N3O6/c1-24-33(22-39-20-19-30(41)21-39)44-35(45-34(24)26-9-7-25(23-40)8-10-26)27-11-13-28(14-12-27)37-36(42)38-29-15-17-32(18-16-29)43-31-5-3-2-4-6-31/h2-18,24,30,33-35,40-41H,19-23H2,1H3,(H2,37,38,42)/t24-,30+,33+,34+,35+/m1/s1. The summed E-state index contributed by atoms with van der Waals surface area (Å²) in [5.74, 6) is 1.48. The van der Waals surface area contributed by atoms with Gasteiger partial charge in [0.25, 0.3) is 0 Å². The van der Waals surface area contributed by atoms with E-state index in [-0.39, 0.29) is 36.9 Å². The van der Waals surface area contributed by atoms with Crippen molar-refractivity contribution in [3.05, 3.63) is 120 Å². The van der Waals surface area contributed by atoms with Crippen LogP contribution in [0.15, 0.2) is 103 Å². The molecule has 9 nitrogen and oxygen atoms in total. The summed E-state index contributed by atoms with van der Waals surface area (Å²) in [7, 11) is 0. The van der Waals surface area contributed by atoms with Crippen molar-refractivity contribution in [2.75, 3.05) is 30.3 Å². The molecule has 5 atom stereocenters. The van der Waals surface area contributed by atoms with Crippen LogP contribution in [0, 0.1) is 5.92 Å². The van der Waals surface area contributed by atoms with E-state index < -0.39 is 6.29 Å². The van der Waals surface area contributed by atoms with Crippen LogP contribution < -0.4 is 15.4 Å². The summed E-state index contributed by atoms with van der Waals surface area (Å²) < 4.78 is 18.9. The van der Waals surface area contributed by atoms with E-state index in [4.69, 9.17) is 14.2 Å². The summed E-state index contributed by atoms with van der Waals surface area (Å²) in [4.78, 5) is 15.0. The maximum absolute atomic E-state index is 12.7. The molecule has 2 saturated heterocycles. The smallest absolute Gasteiger partial charge is 0.323 e. The lowest BCUT2D eigenvalue weighted by Crippen LogP contribution is -2.44. The summed E-state index contributed by atoms with van der Waals surface area (Å²) >= 11 is 0. The molecule has 0 spiro atoms. The molecule has 2 amide bonds. The number of carbonyl (C=O) groups excluding carboxylic acids is 1. The number of hydrogen-bond acceptors (Lipinski definition) is 7.